The van der Waals surface area contributed by atoms with Crippen molar-refractivity contribution in [2.75, 3.05) is 43.6 Å². The molecule has 4 heterocycles. The van der Waals surface area contributed by atoms with Crippen LogP contribution in [0.3, 0.4) is 0 Å². The van der Waals surface area contributed by atoms with Crippen LogP contribution >= 0.6 is 23.2 Å². The van der Waals surface area contributed by atoms with Crippen molar-refractivity contribution in [2.24, 2.45) is 10.3 Å². The van der Waals surface area contributed by atoms with E-state index in [1.54, 1.807) is 31.0 Å². The molecular weight excluding hydrogens is 611 g/mol. The number of piperidine rings is 2. The number of carboxylic acid groups (broad SMARTS) is 1. The third kappa shape index (κ3) is 9.25. The summed E-state index contributed by atoms with van der Waals surface area (Å²) in [7, 11) is -2.12. The molecule has 0 saturated carbocycles. The lowest BCUT2D eigenvalue weighted by Gasteiger charge is -2.31. The van der Waals surface area contributed by atoms with Gasteiger partial charge in [-0.15, -0.1) is 0 Å². The highest BCUT2D eigenvalue weighted by Gasteiger charge is 2.23. The molecular formula is C30H36Cl2N6O4S. The summed E-state index contributed by atoms with van der Waals surface area (Å²) in [5.74, 6) is 0.939. The molecule has 2 aliphatic rings. The third-order valence-corrected chi connectivity index (χ3v) is 8.83. The quantitative estimate of drug-likeness (QED) is 0.297. The predicted molar refractivity (Wildman–Crippen MR) is 170 cm³/mol. The molecule has 0 amide bonds. The number of benzene rings is 1. The Bertz CT molecular complexity index is 1540. The summed E-state index contributed by atoms with van der Waals surface area (Å²) in [6.45, 7) is 3.80. The molecule has 0 aliphatic carbocycles. The van der Waals surface area contributed by atoms with Crippen LogP contribution in [0, 0.1) is 5.92 Å². The number of halogens is 2. The van der Waals surface area contributed by atoms with Crippen LogP contribution in [0.1, 0.15) is 37.7 Å². The second kappa shape index (κ2) is 13.8. The first-order chi connectivity index (χ1) is 20.5. The van der Waals surface area contributed by atoms with Crippen LogP contribution < -0.4 is 9.64 Å². The lowest BCUT2D eigenvalue weighted by Crippen LogP contribution is -2.36. The van der Waals surface area contributed by atoms with Gasteiger partial charge in [-0.3, -0.25) is 13.9 Å². The summed E-state index contributed by atoms with van der Waals surface area (Å²) in [5, 5.41) is 10.2. The van der Waals surface area contributed by atoms with Crippen molar-refractivity contribution in [3.05, 3.63) is 58.3 Å². The molecule has 0 radical (unpaired) electrons. The van der Waals surface area contributed by atoms with Gasteiger partial charge >= 0.3 is 5.97 Å². The van der Waals surface area contributed by atoms with E-state index in [4.69, 9.17) is 38.0 Å². The van der Waals surface area contributed by atoms with Gasteiger partial charge in [-0.25, -0.2) is 19.3 Å². The van der Waals surface area contributed by atoms with Gasteiger partial charge in [-0.2, -0.15) is 0 Å². The first-order valence-electron chi connectivity index (χ1n) is 14.3. The summed E-state index contributed by atoms with van der Waals surface area (Å²) in [6.07, 6.45) is 10.2. The SMILES string of the molecule is CS(C)(=O)=NC1CCN(c2ncc(Oc3cc(CN4CCC(CC(=O)O)CC4)cc(-c4cc(Cl)cc(Cl)c4)n3)cn2)CC1. The highest BCUT2D eigenvalue weighted by Crippen LogP contribution is 2.31. The second-order valence-electron chi connectivity index (χ2n) is 11.5. The standard InChI is InChI=1S/C30H36Cl2N6O4S/c1-43(2,41)36-25-5-9-38(10-6-25)30-33-17-26(18-34-30)42-28-12-21(19-37-7-3-20(4-8-37)13-29(39)40)11-27(35-28)22-14-23(31)16-24(32)15-22/h11-12,14-18,20,25H,3-10,13,19H2,1-2H3,(H,39,40). The van der Waals surface area contributed by atoms with Crippen LogP contribution in [0.5, 0.6) is 11.6 Å². The summed E-state index contributed by atoms with van der Waals surface area (Å²) in [5.41, 5.74) is 2.45. The minimum absolute atomic E-state index is 0.0967. The van der Waals surface area contributed by atoms with Gasteiger partial charge in [0.2, 0.25) is 11.8 Å². The maximum absolute atomic E-state index is 12.0. The zero-order chi connectivity index (χ0) is 30.6. The van der Waals surface area contributed by atoms with E-state index in [1.165, 1.54) is 0 Å². The number of pyridine rings is 1. The van der Waals surface area contributed by atoms with Gasteiger partial charge in [0.25, 0.3) is 0 Å². The van der Waals surface area contributed by atoms with E-state index in [1.807, 2.05) is 24.3 Å². The topological polar surface area (TPSA) is 121 Å². The first kappa shape index (κ1) is 31.4. The van der Waals surface area contributed by atoms with E-state index < -0.39 is 15.7 Å². The molecule has 10 nitrogen and oxygen atoms in total. The van der Waals surface area contributed by atoms with E-state index in [-0.39, 0.29) is 18.4 Å². The highest BCUT2D eigenvalue weighted by molar-refractivity contribution is 7.92. The zero-order valence-electron chi connectivity index (χ0n) is 24.3. The van der Waals surface area contributed by atoms with Gasteiger partial charge in [-0.1, -0.05) is 23.2 Å². The molecule has 2 aromatic heterocycles. The van der Waals surface area contributed by atoms with Gasteiger partial charge in [0.05, 0.1) is 24.1 Å². The van der Waals surface area contributed by atoms with Crippen molar-refractivity contribution in [1.82, 2.24) is 19.9 Å². The largest absolute Gasteiger partial charge is 0.481 e. The summed E-state index contributed by atoms with van der Waals surface area (Å²) < 4.78 is 22.6. The number of carbonyl (C=O) groups is 1. The van der Waals surface area contributed by atoms with Crippen LogP contribution in [-0.2, 0) is 21.1 Å². The Morgan fingerprint density at radius 1 is 1.00 bits per heavy atom. The Morgan fingerprint density at radius 2 is 1.65 bits per heavy atom. The molecule has 3 aromatic rings. The Balaban J connectivity index is 1.31. The Morgan fingerprint density at radius 3 is 2.26 bits per heavy atom. The molecule has 2 aliphatic heterocycles. The number of anilines is 1. The molecule has 13 heteroatoms. The van der Waals surface area contributed by atoms with Crippen LogP contribution in [0.2, 0.25) is 10.0 Å². The van der Waals surface area contributed by atoms with E-state index in [9.17, 15) is 9.00 Å². The highest BCUT2D eigenvalue weighted by atomic mass is 35.5. The average molecular weight is 648 g/mol. The fourth-order valence-corrected chi connectivity index (χ4v) is 7.04. The number of ether oxygens (including phenoxy) is 1. The minimum Gasteiger partial charge on any atom is -0.481 e. The van der Waals surface area contributed by atoms with Crippen molar-refractivity contribution in [2.45, 2.75) is 44.7 Å². The molecule has 0 atom stereocenters. The Labute approximate surface area is 262 Å². The maximum atomic E-state index is 12.0. The van der Waals surface area contributed by atoms with Crippen LogP contribution in [0.15, 0.2) is 47.1 Å². The molecule has 1 N–H and O–H groups in total. The van der Waals surface area contributed by atoms with Crippen molar-refractivity contribution in [3.63, 3.8) is 0 Å². The number of likely N-dealkylation sites (tertiary alicyclic amines) is 1. The van der Waals surface area contributed by atoms with Crippen LogP contribution in [-0.4, -0.2) is 79.9 Å². The van der Waals surface area contributed by atoms with Gasteiger partial charge < -0.3 is 14.7 Å². The van der Waals surface area contributed by atoms with E-state index >= 15 is 0 Å². The first-order valence-corrected chi connectivity index (χ1v) is 17.4. The molecule has 0 spiro atoms. The summed E-state index contributed by atoms with van der Waals surface area (Å²) in [4.78, 5) is 29.4. The van der Waals surface area contributed by atoms with Gasteiger partial charge in [0, 0.05) is 70.0 Å². The number of rotatable bonds is 9. The van der Waals surface area contributed by atoms with Crippen molar-refractivity contribution < 1.29 is 18.8 Å². The van der Waals surface area contributed by atoms with E-state index in [2.05, 4.69) is 24.1 Å². The molecule has 0 bridgehead atoms. The second-order valence-corrected chi connectivity index (χ2v) is 14.9. The fraction of sp³-hybridized carbons (Fsp3) is 0.467. The molecule has 5 rings (SSSR count). The lowest BCUT2D eigenvalue weighted by molar-refractivity contribution is -0.138. The number of carboxylic acids is 1. The maximum Gasteiger partial charge on any atom is 0.303 e. The molecule has 43 heavy (non-hydrogen) atoms. The molecule has 2 saturated heterocycles. The number of hydrogen-bond donors (Lipinski definition) is 1. The van der Waals surface area contributed by atoms with Crippen LogP contribution in [0.25, 0.3) is 11.3 Å². The third-order valence-electron chi connectivity index (χ3n) is 7.58. The Kier molecular flexibility index (Phi) is 10.1. The van der Waals surface area contributed by atoms with Crippen molar-refractivity contribution >= 4 is 44.8 Å². The van der Waals surface area contributed by atoms with Crippen molar-refractivity contribution in [1.29, 1.82) is 0 Å². The monoisotopic (exact) mass is 646 g/mol. The number of aliphatic carboxylic acids is 1. The van der Waals surface area contributed by atoms with Crippen molar-refractivity contribution in [3.8, 4) is 22.9 Å². The average Bonchev–Trinajstić information content (AvgIpc) is 2.93. The fourth-order valence-electron chi connectivity index (χ4n) is 5.58. The minimum atomic E-state index is -2.12. The number of nitrogens with zero attached hydrogens (tertiary/aromatic N) is 6. The summed E-state index contributed by atoms with van der Waals surface area (Å²) >= 11 is 12.6. The molecule has 230 valence electrons. The van der Waals surface area contributed by atoms with Crippen LogP contribution in [0.4, 0.5) is 5.95 Å². The molecule has 2 fully saturated rings. The number of hydrogen-bond acceptors (Lipinski definition) is 9. The molecule has 1 aromatic carbocycles. The van der Waals surface area contributed by atoms with E-state index in [0.717, 1.165) is 63.0 Å². The molecule has 0 unspecified atom stereocenters. The lowest BCUT2D eigenvalue weighted by atomic mass is 9.93. The Hall–Kier alpha value is -2.99. The van der Waals surface area contributed by atoms with Gasteiger partial charge in [0.1, 0.15) is 0 Å². The summed E-state index contributed by atoms with van der Waals surface area (Å²) in [6, 6.07) is 9.31. The predicted octanol–water partition coefficient (Wildman–Crippen LogP) is 6.02. The van der Waals surface area contributed by atoms with Gasteiger partial charge in [-0.05, 0) is 74.5 Å². The number of aromatic nitrogens is 3. The van der Waals surface area contributed by atoms with Gasteiger partial charge in [0.15, 0.2) is 5.75 Å². The zero-order valence-corrected chi connectivity index (χ0v) is 26.6. The smallest absolute Gasteiger partial charge is 0.303 e. The normalized spacial score (nSPS) is 17.2. The van der Waals surface area contributed by atoms with E-state index in [0.29, 0.717) is 39.9 Å².